The minimum absolute atomic E-state index is 0.0499. The lowest BCUT2D eigenvalue weighted by Gasteiger charge is -2.30. The lowest BCUT2D eigenvalue weighted by Crippen LogP contribution is -2.42. The molecule has 6 nitrogen and oxygen atoms in total. The highest BCUT2D eigenvalue weighted by atomic mass is 32.2. The number of carboxylic acids is 1. The van der Waals surface area contributed by atoms with Gasteiger partial charge in [-0.05, 0) is 18.8 Å². The maximum Gasteiger partial charge on any atom is 0.327 e. The first kappa shape index (κ1) is 16.8. The summed E-state index contributed by atoms with van der Waals surface area (Å²) in [5.74, 6) is -0.277. The Hall–Kier alpha value is -1.24. The van der Waals surface area contributed by atoms with Crippen LogP contribution in [0.2, 0.25) is 0 Å². The highest BCUT2D eigenvalue weighted by Gasteiger charge is 2.22. The van der Waals surface area contributed by atoms with E-state index in [0.29, 0.717) is 5.92 Å². The van der Waals surface area contributed by atoms with Crippen molar-refractivity contribution in [1.29, 1.82) is 0 Å². The second-order valence-electron chi connectivity index (χ2n) is 5.17. The van der Waals surface area contributed by atoms with E-state index >= 15 is 0 Å². The van der Waals surface area contributed by atoms with E-state index in [-0.39, 0.29) is 23.3 Å². The molecule has 0 saturated carbocycles. The Labute approximate surface area is 123 Å². The van der Waals surface area contributed by atoms with Gasteiger partial charge in [-0.15, -0.1) is 11.8 Å². The van der Waals surface area contributed by atoms with Gasteiger partial charge < -0.3 is 15.3 Å². The van der Waals surface area contributed by atoms with Gasteiger partial charge in [-0.25, -0.2) is 4.79 Å². The number of likely N-dealkylation sites (tertiary alicyclic amines) is 1. The van der Waals surface area contributed by atoms with Crippen molar-refractivity contribution in [2.75, 3.05) is 24.6 Å². The van der Waals surface area contributed by atoms with Gasteiger partial charge in [0.2, 0.25) is 11.8 Å². The Kier molecular flexibility index (Phi) is 6.84. The van der Waals surface area contributed by atoms with Gasteiger partial charge in [0.1, 0.15) is 6.04 Å². The maximum absolute atomic E-state index is 11.9. The molecule has 0 aromatic rings. The van der Waals surface area contributed by atoms with E-state index in [0.717, 1.165) is 25.9 Å². The number of thioether (sulfide) groups is 1. The number of nitrogens with zero attached hydrogens (tertiary/aromatic N) is 1. The van der Waals surface area contributed by atoms with Gasteiger partial charge in [0, 0.05) is 25.8 Å². The second kappa shape index (κ2) is 8.14. The Morgan fingerprint density at radius 3 is 2.45 bits per heavy atom. The zero-order chi connectivity index (χ0) is 15.1. The third kappa shape index (κ3) is 5.81. The molecule has 2 N–H and O–H groups in total. The number of aliphatic carboxylic acids is 1. The summed E-state index contributed by atoms with van der Waals surface area (Å²) in [5, 5.41) is 11.3. The van der Waals surface area contributed by atoms with E-state index < -0.39 is 12.0 Å². The zero-order valence-corrected chi connectivity index (χ0v) is 12.7. The van der Waals surface area contributed by atoms with E-state index in [1.165, 1.54) is 18.7 Å². The number of amides is 2. The number of nitrogens with one attached hydrogen (secondary N) is 1. The SMILES string of the molecule is CC(=O)N[C@@H](CSCC(=O)N1CCC(C)CC1)C(=O)O. The Morgan fingerprint density at radius 2 is 1.95 bits per heavy atom. The zero-order valence-electron chi connectivity index (χ0n) is 11.9. The molecule has 0 radical (unpaired) electrons. The minimum atomic E-state index is -1.08. The summed E-state index contributed by atoms with van der Waals surface area (Å²) in [7, 11) is 0. The van der Waals surface area contributed by atoms with Crippen molar-refractivity contribution in [2.24, 2.45) is 5.92 Å². The minimum Gasteiger partial charge on any atom is -0.480 e. The Morgan fingerprint density at radius 1 is 1.35 bits per heavy atom. The molecule has 20 heavy (non-hydrogen) atoms. The third-order valence-corrected chi connectivity index (χ3v) is 4.34. The maximum atomic E-state index is 11.9. The van der Waals surface area contributed by atoms with Gasteiger partial charge in [0.25, 0.3) is 0 Å². The molecule has 1 heterocycles. The molecule has 1 aliphatic heterocycles. The highest BCUT2D eigenvalue weighted by molar-refractivity contribution is 8.00. The smallest absolute Gasteiger partial charge is 0.327 e. The first-order chi connectivity index (χ1) is 9.40. The molecule has 1 aliphatic rings. The summed E-state index contributed by atoms with van der Waals surface area (Å²) in [6.07, 6.45) is 2.06. The molecule has 0 unspecified atom stereocenters. The predicted molar refractivity (Wildman–Crippen MR) is 77.5 cm³/mol. The average Bonchev–Trinajstić information content (AvgIpc) is 2.37. The molecule has 1 fully saturated rings. The fourth-order valence-electron chi connectivity index (χ4n) is 2.03. The lowest BCUT2D eigenvalue weighted by molar-refractivity contribution is -0.140. The Bertz CT molecular complexity index is 367. The first-order valence-corrected chi connectivity index (χ1v) is 7.91. The number of carbonyl (C=O) groups excluding carboxylic acids is 2. The molecule has 1 saturated heterocycles. The normalized spacial score (nSPS) is 17.6. The van der Waals surface area contributed by atoms with Gasteiger partial charge >= 0.3 is 5.97 Å². The van der Waals surface area contributed by atoms with E-state index in [1.807, 2.05) is 4.90 Å². The van der Waals surface area contributed by atoms with Crippen molar-refractivity contribution < 1.29 is 19.5 Å². The van der Waals surface area contributed by atoms with E-state index in [2.05, 4.69) is 12.2 Å². The molecule has 0 spiro atoms. The second-order valence-corrected chi connectivity index (χ2v) is 6.20. The van der Waals surface area contributed by atoms with Crippen molar-refractivity contribution in [1.82, 2.24) is 10.2 Å². The fraction of sp³-hybridized carbons (Fsp3) is 0.769. The van der Waals surface area contributed by atoms with Gasteiger partial charge in [-0.3, -0.25) is 9.59 Å². The topological polar surface area (TPSA) is 86.7 Å². The molecular formula is C13H22N2O4S. The summed E-state index contributed by atoms with van der Waals surface area (Å²) in [4.78, 5) is 35.6. The summed E-state index contributed by atoms with van der Waals surface area (Å²) in [5.41, 5.74) is 0. The van der Waals surface area contributed by atoms with Crippen LogP contribution in [0.5, 0.6) is 0 Å². The van der Waals surface area contributed by atoms with Crippen molar-refractivity contribution in [3.05, 3.63) is 0 Å². The lowest BCUT2D eigenvalue weighted by atomic mass is 9.99. The van der Waals surface area contributed by atoms with Gasteiger partial charge in [-0.1, -0.05) is 6.92 Å². The number of hydrogen-bond donors (Lipinski definition) is 2. The third-order valence-electron chi connectivity index (χ3n) is 3.32. The number of hydrogen-bond acceptors (Lipinski definition) is 4. The molecule has 1 atom stereocenters. The quantitative estimate of drug-likeness (QED) is 0.749. The summed E-state index contributed by atoms with van der Waals surface area (Å²) >= 11 is 1.25. The molecular weight excluding hydrogens is 280 g/mol. The van der Waals surface area contributed by atoms with Crippen LogP contribution in [-0.4, -0.2) is 58.4 Å². The van der Waals surface area contributed by atoms with Crippen molar-refractivity contribution in [2.45, 2.75) is 32.7 Å². The number of carboxylic acid groups (broad SMARTS) is 1. The number of piperidine rings is 1. The molecule has 0 bridgehead atoms. The molecule has 0 aliphatic carbocycles. The molecule has 2 amide bonds. The van der Waals surface area contributed by atoms with E-state index in [1.54, 1.807) is 0 Å². The van der Waals surface area contributed by atoms with Crippen LogP contribution in [0, 0.1) is 5.92 Å². The molecule has 1 rings (SSSR count). The monoisotopic (exact) mass is 302 g/mol. The predicted octanol–water partition coefficient (Wildman–Crippen LogP) is 0.567. The van der Waals surface area contributed by atoms with Crippen molar-refractivity contribution >= 4 is 29.5 Å². The Balaban J connectivity index is 2.29. The van der Waals surface area contributed by atoms with Gasteiger partial charge in [0.05, 0.1) is 5.75 Å². The van der Waals surface area contributed by atoms with Crippen LogP contribution in [0.4, 0.5) is 0 Å². The van der Waals surface area contributed by atoms with Crippen LogP contribution in [0.15, 0.2) is 0 Å². The van der Waals surface area contributed by atoms with Crippen molar-refractivity contribution in [3.8, 4) is 0 Å². The summed E-state index contributed by atoms with van der Waals surface area (Å²) in [6.45, 7) is 5.03. The van der Waals surface area contributed by atoms with Crippen LogP contribution < -0.4 is 5.32 Å². The van der Waals surface area contributed by atoms with Crippen LogP contribution in [0.1, 0.15) is 26.7 Å². The standard InChI is InChI=1S/C13H22N2O4S/c1-9-3-5-15(6-4-9)12(17)8-20-7-11(13(18)19)14-10(2)16/h9,11H,3-8H2,1-2H3,(H,14,16)(H,18,19)/t11-/m0/s1. The number of carbonyl (C=O) groups is 3. The van der Waals surface area contributed by atoms with Gasteiger partial charge in [-0.2, -0.15) is 0 Å². The number of rotatable bonds is 6. The summed E-state index contributed by atoms with van der Waals surface area (Å²) < 4.78 is 0. The molecule has 0 aromatic heterocycles. The van der Waals surface area contributed by atoms with Crippen LogP contribution in [0.3, 0.4) is 0 Å². The fourth-order valence-corrected chi connectivity index (χ4v) is 2.97. The van der Waals surface area contributed by atoms with Crippen LogP contribution >= 0.6 is 11.8 Å². The van der Waals surface area contributed by atoms with E-state index in [4.69, 9.17) is 5.11 Å². The van der Waals surface area contributed by atoms with Crippen LogP contribution in [0.25, 0.3) is 0 Å². The molecule has 114 valence electrons. The van der Waals surface area contributed by atoms with Gasteiger partial charge in [0.15, 0.2) is 0 Å². The first-order valence-electron chi connectivity index (χ1n) is 6.75. The average molecular weight is 302 g/mol. The largest absolute Gasteiger partial charge is 0.480 e. The van der Waals surface area contributed by atoms with E-state index in [9.17, 15) is 14.4 Å². The molecule has 0 aromatic carbocycles. The van der Waals surface area contributed by atoms with Crippen molar-refractivity contribution in [3.63, 3.8) is 0 Å². The van der Waals surface area contributed by atoms with Crippen LogP contribution in [-0.2, 0) is 14.4 Å². The molecule has 7 heteroatoms. The summed E-state index contributed by atoms with van der Waals surface area (Å²) in [6, 6.07) is -0.938. The highest BCUT2D eigenvalue weighted by Crippen LogP contribution is 2.17.